The fraction of sp³-hybridized carbons (Fsp3) is 0.650. The number of anilines is 1. The quantitative estimate of drug-likeness (QED) is 0.564. The van der Waals surface area contributed by atoms with Crippen molar-refractivity contribution in [1.82, 2.24) is 10.2 Å². The van der Waals surface area contributed by atoms with Crippen molar-refractivity contribution in [3.05, 3.63) is 28.7 Å². The molecule has 2 atom stereocenters. The number of ether oxygens (including phenoxy) is 1. The molecule has 1 aromatic rings. The van der Waals surface area contributed by atoms with E-state index in [-0.39, 0.29) is 0 Å². The molecule has 0 aromatic heterocycles. The minimum absolute atomic E-state index is 0.625. The fourth-order valence-electron chi connectivity index (χ4n) is 3.93. The normalized spacial score (nSPS) is 23.7. The number of nitrogens with one attached hydrogen (secondary N) is 1. The molecule has 2 unspecified atom stereocenters. The summed E-state index contributed by atoms with van der Waals surface area (Å²) in [7, 11) is 1.79. The van der Waals surface area contributed by atoms with E-state index in [4.69, 9.17) is 9.73 Å². The number of hydrogen-bond donors (Lipinski definition) is 1. The van der Waals surface area contributed by atoms with Crippen molar-refractivity contribution >= 4 is 27.6 Å². The molecule has 0 amide bonds. The summed E-state index contributed by atoms with van der Waals surface area (Å²) in [4.78, 5) is 9.84. The van der Waals surface area contributed by atoms with Crippen molar-refractivity contribution in [2.24, 2.45) is 16.8 Å². The molecule has 6 heteroatoms. The second kappa shape index (κ2) is 9.60. The van der Waals surface area contributed by atoms with E-state index in [1.54, 1.807) is 7.11 Å². The van der Waals surface area contributed by atoms with Crippen LogP contribution in [0.3, 0.4) is 0 Å². The third-order valence-corrected chi connectivity index (χ3v) is 5.77. The summed E-state index contributed by atoms with van der Waals surface area (Å²) in [5.74, 6) is 2.33. The first-order valence-electron chi connectivity index (χ1n) is 9.72. The number of benzene rings is 1. The van der Waals surface area contributed by atoms with E-state index in [0.717, 1.165) is 56.3 Å². The maximum Gasteiger partial charge on any atom is 0.193 e. The van der Waals surface area contributed by atoms with Crippen LogP contribution in [0.15, 0.2) is 33.7 Å². The van der Waals surface area contributed by atoms with Crippen LogP contribution in [-0.4, -0.2) is 63.8 Å². The summed E-state index contributed by atoms with van der Waals surface area (Å²) in [5, 5.41) is 3.48. The maximum absolute atomic E-state index is 5.32. The van der Waals surface area contributed by atoms with Gasteiger partial charge in [0, 0.05) is 62.5 Å². The largest absolute Gasteiger partial charge is 0.384 e. The van der Waals surface area contributed by atoms with Crippen molar-refractivity contribution in [1.29, 1.82) is 0 Å². The van der Waals surface area contributed by atoms with Crippen LogP contribution in [0.2, 0.25) is 0 Å². The lowest BCUT2D eigenvalue weighted by Crippen LogP contribution is -2.40. The maximum atomic E-state index is 5.32. The second-order valence-corrected chi connectivity index (χ2v) is 8.25. The number of guanidine groups is 1. The standard InChI is InChI=1S/C20H31BrN4O/c1-3-22-20(25-10-8-17(14-25)15-26-2)23-12-16-7-9-24(13-16)19-6-4-5-18(21)11-19/h4-6,11,16-17H,3,7-10,12-15H2,1-2H3,(H,22,23). The Morgan fingerprint density at radius 1 is 1.27 bits per heavy atom. The van der Waals surface area contributed by atoms with Gasteiger partial charge in [-0.2, -0.15) is 0 Å². The SMILES string of the molecule is CCNC(=NCC1CCN(c2cccc(Br)c2)C1)N1CCC(COC)C1. The minimum Gasteiger partial charge on any atom is -0.384 e. The van der Waals surface area contributed by atoms with Gasteiger partial charge in [0.1, 0.15) is 0 Å². The Morgan fingerprint density at radius 3 is 2.88 bits per heavy atom. The molecule has 144 valence electrons. The highest BCUT2D eigenvalue weighted by Crippen LogP contribution is 2.26. The van der Waals surface area contributed by atoms with E-state index in [1.165, 1.54) is 18.5 Å². The molecule has 2 aliphatic rings. The van der Waals surface area contributed by atoms with Crippen LogP contribution in [0.5, 0.6) is 0 Å². The zero-order valence-corrected chi connectivity index (χ0v) is 17.5. The number of aliphatic imine (C=N–C) groups is 1. The lowest BCUT2D eigenvalue weighted by molar-refractivity contribution is 0.157. The third-order valence-electron chi connectivity index (χ3n) is 5.28. The molecule has 1 aromatic carbocycles. The first-order valence-corrected chi connectivity index (χ1v) is 10.5. The first-order chi connectivity index (χ1) is 12.7. The van der Waals surface area contributed by atoms with Gasteiger partial charge in [-0.25, -0.2) is 0 Å². The summed E-state index contributed by atoms with van der Waals surface area (Å²) in [6, 6.07) is 8.59. The van der Waals surface area contributed by atoms with E-state index in [9.17, 15) is 0 Å². The van der Waals surface area contributed by atoms with Crippen molar-refractivity contribution in [2.75, 3.05) is 57.9 Å². The Balaban J connectivity index is 1.55. The monoisotopic (exact) mass is 422 g/mol. The predicted molar refractivity (Wildman–Crippen MR) is 112 cm³/mol. The van der Waals surface area contributed by atoms with E-state index >= 15 is 0 Å². The van der Waals surface area contributed by atoms with Crippen molar-refractivity contribution in [3.63, 3.8) is 0 Å². The Hall–Kier alpha value is -1.27. The van der Waals surface area contributed by atoms with Gasteiger partial charge in [-0.1, -0.05) is 22.0 Å². The van der Waals surface area contributed by atoms with Gasteiger partial charge in [-0.3, -0.25) is 4.99 Å². The molecule has 0 radical (unpaired) electrons. The van der Waals surface area contributed by atoms with E-state index in [0.29, 0.717) is 11.8 Å². The van der Waals surface area contributed by atoms with Crippen LogP contribution < -0.4 is 10.2 Å². The Labute approximate surface area is 165 Å². The summed E-state index contributed by atoms with van der Waals surface area (Å²) in [5.41, 5.74) is 1.31. The zero-order valence-electron chi connectivity index (χ0n) is 16.0. The van der Waals surface area contributed by atoms with Crippen molar-refractivity contribution in [2.45, 2.75) is 19.8 Å². The number of hydrogen-bond acceptors (Lipinski definition) is 3. The predicted octanol–water partition coefficient (Wildman–Crippen LogP) is 3.21. The third kappa shape index (κ3) is 5.13. The molecule has 26 heavy (non-hydrogen) atoms. The Kier molecular flexibility index (Phi) is 7.20. The number of methoxy groups -OCH3 is 1. The summed E-state index contributed by atoms with van der Waals surface area (Å²) in [6.45, 7) is 9.14. The second-order valence-electron chi connectivity index (χ2n) is 7.33. The molecular weight excluding hydrogens is 392 g/mol. The van der Waals surface area contributed by atoms with Crippen molar-refractivity contribution < 1.29 is 4.74 Å². The molecule has 0 bridgehead atoms. The topological polar surface area (TPSA) is 40.1 Å². The lowest BCUT2D eigenvalue weighted by atomic mass is 10.1. The molecule has 3 rings (SSSR count). The zero-order chi connectivity index (χ0) is 18.4. The highest BCUT2D eigenvalue weighted by atomic mass is 79.9. The summed E-state index contributed by atoms with van der Waals surface area (Å²) < 4.78 is 6.47. The molecule has 2 fully saturated rings. The van der Waals surface area contributed by atoms with Gasteiger partial charge in [-0.15, -0.1) is 0 Å². The van der Waals surface area contributed by atoms with Gasteiger partial charge < -0.3 is 19.9 Å². The molecule has 1 N–H and O–H groups in total. The molecule has 0 spiro atoms. The molecular formula is C20H31BrN4O. The molecule has 2 aliphatic heterocycles. The summed E-state index contributed by atoms with van der Waals surface area (Å²) in [6.07, 6.45) is 2.40. The minimum atomic E-state index is 0.625. The van der Waals surface area contributed by atoms with Crippen LogP contribution in [0.4, 0.5) is 5.69 Å². The molecule has 0 aliphatic carbocycles. The van der Waals surface area contributed by atoms with Crippen molar-refractivity contribution in [3.8, 4) is 0 Å². The van der Waals surface area contributed by atoms with E-state index < -0.39 is 0 Å². The number of nitrogens with zero attached hydrogens (tertiary/aromatic N) is 3. The van der Waals surface area contributed by atoms with Gasteiger partial charge in [0.05, 0.1) is 6.61 Å². The molecule has 5 nitrogen and oxygen atoms in total. The van der Waals surface area contributed by atoms with Crippen LogP contribution >= 0.6 is 15.9 Å². The lowest BCUT2D eigenvalue weighted by Gasteiger charge is -2.22. The van der Waals surface area contributed by atoms with E-state index in [2.05, 4.69) is 62.2 Å². The highest BCUT2D eigenvalue weighted by Gasteiger charge is 2.26. The van der Waals surface area contributed by atoms with Gasteiger partial charge >= 0.3 is 0 Å². The smallest absolute Gasteiger partial charge is 0.193 e. The van der Waals surface area contributed by atoms with Gasteiger partial charge in [0.2, 0.25) is 0 Å². The van der Waals surface area contributed by atoms with Crippen LogP contribution in [0.25, 0.3) is 0 Å². The molecule has 0 saturated carbocycles. The van der Waals surface area contributed by atoms with Crippen LogP contribution in [0.1, 0.15) is 19.8 Å². The number of halogens is 1. The Bertz CT molecular complexity index is 609. The molecule has 2 saturated heterocycles. The van der Waals surface area contributed by atoms with Gasteiger partial charge in [0.15, 0.2) is 5.96 Å². The fourth-order valence-corrected chi connectivity index (χ4v) is 4.31. The molecule has 2 heterocycles. The van der Waals surface area contributed by atoms with Gasteiger partial charge in [-0.05, 0) is 43.9 Å². The van der Waals surface area contributed by atoms with Gasteiger partial charge in [0.25, 0.3) is 0 Å². The number of likely N-dealkylation sites (tertiary alicyclic amines) is 1. The highest BCUT2D eigenvalue weighted by molar-refractivity contribution is 9.10. The average Bonchev–Trinajstić information content (AvgIpc) is 3.29. The summed E-state index contributed by atoms with van der Waals surface area (Å²) >= 11 is 3.57. The van der Waals surface area contributed by atoms with Crippen LogP contribution in [-0.2, 0) is 4.74 Å². The van der Waals surface area contributed by atoms with Crippen LogP contribution in [0, 0.1) is 11.8 Å². The Morgan fingerprint density at radius 2 is 2.12 bits per heavy atom. The first kappa shape index (κ1) is 19.5. The number of rotatable bonds is 6. The van der Waals surface area contributed by atoms with E-state index in [1.807, 2.05) is 0 Å². The average molecular weight is 423 g/mol.